The lowest BCUT2D eigenvalue weighted by Gasteiger charge is -2.09. The fourth-order valence-electron chi connectivity index (χ4n) is 0.726. The van der Waals surface area contributed by atoms with Crippen LogP contribution in [0.1, 0.15) is 20.3 Å². The van der Waals surface area contributed by atoms with Crippen molar-refractivity contribution in [1.82, 2.24) is 0 Å². The molecule has 0 rings (SSSR count). The number of esters is 2. The van der Waals surface area contributed by atoms with E-state index in [0.29, 0.717) is 6.42 Å². The minimum absolute atomic E-state index is 0.350. The maximum absolute atomic E-state index is 10.7. The van der Waals surface area contributed by atoms with E-state index < -0.39 is 5.97 Å². The Kier molecular flexibility index (Phi) is 5.59. The van der Waals surface area contributed by atoms with Crippen LogP contribution in [0.15, 0.2) is 12.2 Å². The van der Waals surface area contributed by atoms with Gasteiger partial charge in [-0.15, -0.1) is 0 Å². The minimum atomic E-state index is -0.453. The SMILES string of the molecule is CCC(/C=C/C(=O)OC)OC(C)=O. The van der Waals surface area contributed by atoms with Crippen LogP contribution in [0.25, 0.3) is 0 Å². The number of carbonyl (C=O) groups is 2. The average molecular weight is 186 g/mol. The minimum Gasteiger partial charge on any atom is -0.466 e. The first-order chi connectivity index (χ1) is 6.10. The first-order valence-corrected chi connectivity index (χ1v) is 4.03. The van der Waals surface area contributed by atoms with Gasteiger partial charge >= 0.3 is 11.9 Å². The molecule has 0 bridgehead atoms. The molecule has 0 aliphatic heterocycles. The molecule has 0 fully saturated rings. The highest BCUT2D eigenvalue weighted by Gasteiger charge is 2.05. The van der Waals surface area contributed by atoms with E-state index in [1.165, 1.54) is 26.2 Å². The van der Waals surface area contributed by atoms with Gasteiger partial charge in [0, 0.05) is 13.0 Å². The summed E-state index contributed by atoms with van der Waals surface area (Å²) in [5.74, 6) is -0.813. The molecule has 1 unspecified atom stereocenters. The molecule has 0 radical (unpaired) electrons. The second-order valence-corrected chi connectivity index (χ2v) is 2.44. The van der Waals surface area contributed by atoms with E-state index in [0.717, 1.165) is 0 Å². The summed E-state index contributed by atoms with van der Waals surface area (Å²) in [5.41, 5.74) is 0. The highest BCUT2D eigenvalue weighted by molar-refractivity contribution is 5.81. The van der Waals surface area contributed by atoms with Crippen LogP contribution in [0, 0.1) is 0 Å². The summed E-state index contributed by atoms with van der Waals surface area (Å²) in [7, 11) is 1.29. The zero-order valence-electron chi connectivity index (χ0n) is 8.07. The van der Waals surface area contributed by atoms with E-state index in [-0.39, 0.29) is 12.1 Å². The van der Waals surface area contributed by atoms with Crippen molar-refractivity contribution in [3.63, 3.8) is 0 Å². The van der Waals surface area contributed by atoms with Gasteiger partial charge in [0.1, 0.15) is 6.10 Å². The van der Waals surface area contributed by atoms with Crippen LogP contribution in [0.3, 0.4) is 0 Å². The molecule has 0 aromatic heterocycles. The number of rotatable bonds is 4. The van der Waals surface area contributed by atoms with Gasteiger partial charge in [-0.25, -0.2) is 4.79 Å². The summed E-state index contributed by atoms with van der Waals surface area (Å²) < 4.78 is 9.24. The predicted molar refractivity (Wildman–Crippen MR) is 47.0 cm³/mol. The van der Waals surface area contributed by atoms with Crippen molar-refractivity contribution in [1.29, 1.82) is 0 Å². The van der Waals surface area contributed by atoms with Gasteiger partial charge in [-0.05, 0) is 12.5 Å². The van der Waals surface area contributed by atoms with Gasteiger partial charge in [0.15, 0.2) is 0 Å². The highest BCUT2D eigenvalue weighted by atomic mass is 16.5. The third kappa shape index (κ3) is 5.90. The lowest BCUT2D eigenvalue weighted by Crippen LogP contribution is -2.12. The Hall–Kier alpha value is -1.32. The molecule has 1 atom stereocenters. The zero-order valence-corrected chi connectivity index (χ0v) is 8.07. The van der Waals surface area contributed by atoms with Gasteiger partial charge in [-0.2, -0.15) is 0 Å². The van der Waals surface area contributed by atoms with Gasteiger partial charge < -0.3 is 9.47 Å². The molecule has 74 valence electrons. The van der Waals surface area contributed by atoms with Crippen LogP contribution in [-0.2, 0) is 19.1 Å². The van der Waals surface area contributed by atoms with Crippen LogP contribution in [0.4, 0.5) is 0 Å². The Bertz CT molecular complexity index is 208. The Morgan fingerprint density at radius 3 is 2.46 bits per heavy atom. The molecule has 0 aromatic rings. The Morgan fingerprint density at radius 2 is 2.08 bits per heavy atom. The van der Waals surface area contributed by atoms with Crippen LogP contribution in [0.5, 0.6) is 0 Å². The predicted octanol–water partition coefficient (Wildman–Crippen LogP) is 1.06. The summed E-state index contributed by atoms with van der Waals surface area (Å²) in [6.45, 7) is 3.18. The summed E-state index contributed by atoms with van der Waals surface area (Å²) in [6, 6.07) is 0. The smallest absolute Gasteiger partial charge is 0.330 e. The fraction of sp³-hybridized carbons (Fsp3) is 0.556. The molecular weight excluding hydrogens is 172 g/mol. The van der Waals surface area contributed by atoms with Crippen molar-refractivity contribution in [3.05, 3.63) is 12.2 Å². The molecule has 13 heavy (non-hydrogen) atoms. The molecule has 0 aliphatic rings. The number of hydrogen-bond acceptors (Lipinski definition) is 4. The molecule has 0 spiro atoms. The van der Waals surface area contributed by atoms with E-state index in [1.54, 1.807) is 0 Å². The normalized spacial score (nSPS) is 12.5. The molecule has 0 aliphatic carbocycles. The van der Waals surface area contributed by atoms with Crippen LogP contribution >= 0.6 is 0 Å². The molecule has 0 saturated heterocycles. The van der Waals surface area contributed by atoms with E-state index >= 15 is 0 Å². The van der Waals surface area contributed by atoms with Gasteiger partial charge in [-0.1, -0.05) is 6.92 Å². The monoisotopic (exact) mass is 186 g/mol. The molecule has 0 aromatic carbocycles. The van der Waals surface area contributed by atoms with Gasteiger partial charge in [-0.3, -0.25) is 4.79 Å². The maximum Gasteiger partial charge on any atom is 0.330 e. The molecule has 4 nitrogen and oxygen atoms in total. The molecule has 0 amide bonds. The van der Waals surface area contributed by atoms with Crippen molar-refractivity contribution >= 4 is 11.9 Å². The second-order valence-electron chi connectivity index (χ2n) is 2.44. The van der Waals surface area contributed by atoms with Crippen LogP contribution in [-0.4, -0.2) is 25.2 Å². The van der Waals surface area contributed by atoms with Crippen molar-refractivity contribution in [2.24, 2.45) is 0 Å². The zero-order chi connectivity index (χ0) is 10.3. The van der Waals surface area contributed by atoms with Crippen LogP contribution in [0.2, 0.25) is 0 Å². The molecule has 4 heteroatoms. The number of ether oxygens (including phenoxy) is 2. The van der Waals surface area contributed by atoms with Gasteiger partial charge in [0.05, 0.1) is 7.11 Å². The standard InChI is InChI=1S/C9H14O4/c1-4-8(13-7(2)10)5-6-9(11)12-3/h5-6,8H,4H2,1-3H3/b6-5+. The fourth-order valence-corrected chi connectivity index (χ4v) is 0.726. The molecule has 0 N–H and O–H groups in total. The Balaban J connectivity index is 4.03. The highest BCUT2D eigenvalue weighted by Crippen LogP contribution is 2.00. The third-order valence-corrected chi connectivity index (χ3v) is 1.37. The largest absolute Gasteiger partial charge is 0.466 e. The number of methoxy groups -OCH3 is 1. The molecule has 0 saturated carbocycles. The topological polar surface area (TPSA) is 52.6 Å². The first kappa shape index (κ1) is 11.7. The van der Waals surface area contributed by atoms with Gasteiger partial charge in [0.2, 0.25) is 0 Å². The van der Waals surface area contributed by atoms with Crippen LogP contribution < -0.4 is 0 Å². The summed E-state index contributed by atoms with van der Waals surface area (Å²) in [4.78, 5) is 21.2. The van der Waals surface area contributed by atoms with Gasteiger partial charge in [0.25, 0.3) is 0 Å². The number of hydrogen-bond donors (Lipinski definition) is 0. The van der Waals surface area contributed by atoms with E-state index in [4.69, 9.17) is 4.74 Å². The second kappa shape index (κ2) is 6.22. The molecular formula is C9H14O4. The summed E-state index contributed by atoms with van der Waals surface area (Å²) in [5, 5.41) is 0. The lowest BCUT2D eigenvalue weighted by molar-refractivity contribution is -0.144. The van der Waals surface area contributed by atoms with E-state index in [9.17, 15) is 9.59 Å². The number of carbonyl (C=O) groups excluding carboxylic acids is 2. The van der Waals surface area contributed by atoms with E-state index in [1.807, 2.05) is 6.92 Å². The maximum atomic E-state index is 10.7. The summed E-state index contributed by atoms with van der Waals surface area (Å²) in [6.07, 6.45) is 3.04. The van der Waals surface area contributed by atoms with E-state index in [2.05, 4.69) is 4.74 Å². The lowest BCUT2D eigenvalue weighted by atomic mass is 10.2. The Labute approximate surface area is 77.5 Å². The van der Waals surface area contributed by atoms with Crippen molar-refractivity contribution in [3.8, 4) is 0 Å². The third-order valence-electron chi connectivity index (χ3n) is 1.37. The quantitative estimate of drug-likeness (QED) is 0.486. The van der Waals surface area contributed by atoms with Crippen molar-refractivity contribution < 1.29 is 19.1 Å². The molecule has 0 heterocycles. The van der Waals surface area contributed by atoms with Crippen molar-refractivity contribution in [2.45, 2.75) is 26.4 Å². The Morgan fingerprint density at radius 1 is 1.46 bits per heavy atom. The van der Waals surface area contributed by atoms with Crippen molar-refractivity contribution in [2.75, 3.05) is 7.11 Å². The summed E-state index contributed by atoms with van der Waals surface area (Å²) >= 11 is 0. The first-order valence-electron chi connectivity index (χ1n) is 4.03. The average Bonchev–Trinajstić information content (AvgIpc) is 2.10.